The van der Waals surface area contributed by atoms with Crippen LogP contribution in [0.2, 0.25) is 0 Å². The van der Waals surface area contributed by atoms with E-state index < -0.39 is 0 Å². The van der Waals surface area contributed by atoms with E-state index in [-0.39, 0.29) is 5.41 Å². The molecule has 1 N–H and O–H groups in total. The minimum absolute atomic E-state index is 0.197. The lowest BCUT2D eigenvalue weighted by Crippen LogP contribution is -2.12. The molecule has 0 aliphatic rings. The third-order valence-electron chi connectivity index (χ3n) is 3.87. The molecule has 0 aromatic heterocycles. The molecular formula is C19H25NS. The summed E-state index contributed by atoms with van der Waals surface area (Å²) in [5.74, 6) is 0. The average Bonchev–Trinajstić information content (AvgIpc) is 2.39. The van der Waals surface area contributed by atoms with E-state index in [1.807, 2.05) is 0 Å². The molecule has 2 aromatic carbocycles. The second-order valence-corrected chi connectivity index (χ2v) is 7.53. The highest BCUT2D eigenvalue weighted by Crippen LogP contribution is 2.30. The largest absolute Gasteiger partial charge is 0.326 e. The normalized spacial score (nSPS) is 11.5. The molecule has 0 radical (unpaired) electrons. The van der Waals surface area contributed by atoms with Gasteiger partial charge in [-0.1, -0.05) is 39.0 Å². The zero-order chi connectivity index (χ0) is 15.6. The van der Waals surface area contributed by atoms with E-state index in [1.54, 1.807) is 11.9 Å². The molecular weight excluding hydrogens is 274 g/mol. The van der Waals surface area contributed by atoms with Crippen molar-refractivity contribution < 1.29 is 0 Å². The summed E-state index contributed by atoms with van der Waals surface area (Å²) < 4.78 is 3.47. The topological polar surface area (TPSA) is 12.0 Å². The van der Waals surface area contributed by atoms with E-state index in [9.17, 15) is 0 Å². The summed E-state index contributed by atoms with van der Waals surface area (Å²) in [4.78, 5) is 1.28. The van der Waals surface area contributed by atoms with E-state index in [0.717, 1.165) is 5.69 Å². The van der Waals surface area contributed by atoms with Crippen molar-refractivity contribution in [1.82, 2.24) is 0 Å². The smallest absolute Gasteiger partial charge is 0.0446 e. The maximum absolute atomic E-state index is 3.47. The van der Waals surface area contributed by atoms with Crippen molar-refractivity contribution in [3.8, 4) is 0 Å². The highest BCUT2D eigenvalue weighted by Gasteiger charge is 2.16. The fourth-order valence-electron chi connectivity index (χ4n) is 2.52. The second-order valence-electron chi connectivity index (χ2n) is 6.68. The van der Waals surface area contributed by atoms with Gasteiger partial charge in [-0.3, -0.25) is 0 Å². The fourth-order valence-corrected chi connectivity index (χ4v) is 3.33. The molecule has 0 atom stereocenters. The minimum Gasteiger partial charge on any atom is -0.326 e. The van der Waals surface area contributed by atoms with Gasteiger partial charge in [-0.15, -0.1) is 0 Å². The van der Waals surface area contributed by atoms with E-state index in [4.69, 9.17) is 0 Å². The maximum Gasteiger partial charge on any atom is 0.0446 e. The molecule has 0 spiro atoms. The number of aryl methyl sites for hydroxylation is 2. The molecule has 0 heterocycles. The Morgan fingerprint density at radius 1 is 0.905 bits per heavy atom. The molecule has 0 fully saturated rings. The van der Waals surface area contributed by atoms with Gasteiger partial charge >= 0.3 is 0 Å². The van der Waals surface area contributed by atoms with Crippen LogP contribution in [0.3, 0.4) is 0 Å². The van der Waals surface area contributed by atoms with Crippen molar-refractivity contribution in [2.24, 2.45) is 0 Å². The van der Waals surface area contributed by atoms with Crippen molar-refractivity contribution >= 4 is 17.6 Å². The van der Waals surface area contributed by atoms with Crippen LogP contribution in [0.4, 0.5) is 5.69 Å². The van der Waals surface area contributed by atoms with Crippen molar-refractivity contribution in [3.05, 3.63) is 58.7 Å². The first kappa shape index (κ1) is 16.0. The first-order valence-electron chi connectivity index (χ1n) is 7.39. The lowest BCUT2D eigenvalue weighted by molar-refractivity contribution is 0.586. The minimum atomic E-state index is 0.197. The van der Waals surface area contributed by atoms with Crippen molar-refractivity contribution in [3.63, 3.8) is 0 Å². The fraction of sp³-hybridized carbons (Fsp3) is 0.368. The third-order valence-corrected chi connectivity index (χ3v) is 4.87. The highest BCUT2D eigenvalue weighted by atomic mass is 32.2. The zero-order valence-electron chi connectivity index (χ0n) is 13.9. The van der Waals surface area contributed by atoms with Gasteiger partial charge in [-0.25, -0.2) is 0 Å². The molecule has 21 heavy (non-hydrogen) atoms. The Balaban J connectivity index is 2.14. The number of anilines is 1. The molecule has 0 amide bonds. The molecule has 0 saturated carbocycles. The molecule has 2 aromatic rings. The van der Waals surface area contributed by atoms with Crippen LogP contribution in [-0.2, 0) is 5.41 Å². The lowest BCUT2D eigenvalue weighted by atomic mass is 9.84. The monoisotopic (exact) mass is 299 g/mol. The van der Waals surface area contributed by atoms with Gasteiger partial charge in [-0.05, 0) is 78.6 Å². The van der Waals surface area contributed by atoms with Gasteiger partial charge in [0.1, 0.15) is 0 Å². The van der Waals surface area contributed by atoms with Gasteiger partial charge in [0.15, 0.2) is 0 Å². The Labute approximate surface area is 133 Å². The van der Waals surface area contributed by atoms with Gasteiger partial charge < -0.3 is 4.72 Å². The first-order valence-corrected chi connectivity index (χ1v) is 8.21. The van der Waals surface area contributed by atoms with Crippen LogP contribution in [0.5, 0.6) is 0 Å². The van der Waals surface area contributed by atoms with Crippen LogP contribution in [0, 0.1) is 20.8 Å². The predicted molar refractivity (Wildman–Crippen MR) is 95.3 cm³/mol. The zero-order valence-corrected chi connectivity index (χ0v) is 14.7. The van der Waals surface area contributed by atoms with Gasteiger partial charge in [0, 0.05) is 10.6 Å². The molecule has 0 aliphatic carbocycles. The van der Waals surface area contributed by atoms with Crippen molar-refractivity contribution in [1.29, 1.82) is 0 Å². The van der Waals surface area contributed by atoms with Crippen LogP contribution < -0.4 is 4.72 Å². The van der Waals surface area contributed by atoms with Gasteiger partial charge in [-0.2, -0.15) is 0 Å². The highest BCUT2D eigenvalue weighted by molar-refractivity contribution is 8.00. The SMILES string of the molecule is Cc1cc(NSc2cccc(C)c2C)ccc1C(C)(C)C. The Hall–Kier alpha value is -1.41. The van der Waals surface area contributed by atoms with Gasteiger partial charge in [0.05, 0.1) is 0 Å². The number of hydrogen-bond donors (Lipinski definition) is 1. The molecule has 112 valence electrons. The molecule has 0 bridgehead atoms. The molecule has 2 heteroatoms. The number of benzene rings is 2. The molecule has 0 saturated heterocycles. The molecule has 0 unspecified atom stereocenters. The third kappa shape index (κ3) is 3.82. The van der Waals surface area contributed by atoms with Crippen LogP contribution in [0.15, 0.2) is 41.3 Å². The van der Waals surface area contributed by atoms with E-state index in [0.29, 0.717) is 0 Å². The molecule has 2 rings (SSSR count). The summed E-state index contributed by atoms with van der Waals surface area (Å²) >= 11 is 1.69. The Morgan fingerprint density at radius 3 is 2.24 bits per heavy atom. The summed E-state index contributed by atoms with van der Waals surface area (Å²) in [6.45, 7) is 13.3. The Kier molecular flexibility index (Phi) is 4.67. The lowest BCUT2D eigenvalue weighted by Gasteiger charge is -2.22. The van der Waals surface area contributed by atoms with E-state index in [2.05, 4.69) is 82.7 Å². The summed E-state index contributed by atoms with van der Waals surface area (Å²) in [7, 11) is 0. The summed E-state index contributed by atoms with van der Waals surface area (Å²) in [5, 5.41) is 0. The molecule has 0 aliphatic heterocycles. The summed E-state index contributed by atoms with van der Waals surface area (Å²) in [6, 6.07) is 13.1. The average molecular weight is 299 g/mol. The first-order chi connectivity index (χ1) is 9.79. The second kappa shape index (κ2) is 6.15. The van der Waals surface area contributed by atoms with Gasteiger partial charge in [0.2, 0.25) is 0 Å². The summed E-state index contributed by atoms with van der Waals surface area (Å²) in [6.07, 6.45) is 0. The number of nitrogens with one attached hydrogen (secondary N) is 1. The Bertz CT molecular complexity index is 638. The standard InChI is InChI=1S/C19H25NS/c1-13-8-7-9-18(15(13)3)21-20-16-10-11-17(14(2)12-16)19(4,5)6/h7-12,20H,1-6H3. The summed E-state index contributed by atoms with van der Waals surface area (Å²) in [5.41, 5.74) is 6.78. The van der Waals surface area contributed by atoms with Crippen molar-refractivity contribution in [2.45, 2.75) is 51.9 Å². The van der Waals surface area contributed by atoms with Crippen molar-refractivity contribution in [2.75, 3.05) is 4.72 Å². The quantitative estimate of drug-likeness (QED) is 0.695. The molecule has 1 nitrogen and oxygen atoms in total. The number of hydrogen-bond acceptors (Lipinski definition) is 2. The van der Waals surface area contributed by atoms with Crippen LogP contribution in [0.25, 0.3) is 0 Å². The van der Waals surface area contributed by atoms with E-state index in [1.165, 1.54) is 27.1 Å². The van der Waals surface area contributed by atoms with Crippen LogP contribution >= 0.6 is 11.9 Å². The predicted octanol–water partition coefficient (Wildman–Crippen LogP) is 6.03. The van der Waals surface area contributed by atoms with Gasteiger partial charge in [0.25, 0.3) is 0 Å². The van der Waals surface area contributed by atoms with E-state index >= 15 is 0 Å². The Morgan fingerprint density at radius 2 is 1.62 bits per heavy atom. The number of rotatable bonds is 3. The van der Waals surface area contributed by atoms with Crippen LogP contribution in [0.1, 0.15) is 43.0 Å². The van der Waals surface area contributed by atoms with Crippen LogP contribution in [-0.4, -0.2) is 0 Å². The maximum atomic E-state index is 3.47.